The molecule has 0 aliphatic heterocycles. The van der Waals surface area contributed by atoms with Gasteiger partial charge in [-0.3, -0.25) is 25.7 Å². The maximum atomic E-state index is 11.1. The number of nitrogens with zero attached hydrogens (tertiary/aromatic N) is 3. The van der Waals surface area contributed by atoms with Gasteiger partial charge in [-0.2, -0.15) is 5.10 Å². The summed E-state index contributed by atoms with van der Waals surface area (Å²) in [6, 6.07) is 10.6. The van der Waals surface area contributed by atoms with Gasteiger partial charge in [-0.15, -0.1) is 0 Å². The van der Waals surface area contributed by atoms with Crippen molar-refractivity contribution in [2.45, 2.75) is 32.6 Å². The first-order valence-electron chi connectivity index (χ1n) is 8.96. The number of ether oxygens (including phenoxy) is 1. The van der Waals surface area contributed by atoms with Crippen LogP contribution >= 0.6 is 0 Å². The van der Waals surface area contributed by atoms with Gasteiger partial charge in [0.25, 0.3) is 5.69 Å². The van der Waals surface area contributed by atoms with E-state index in [2.05, 4.69) is 17.5 Å². The van der Waals surface area contributed by atoms with E-state index < -0.39 is 15.5 Å². The summed E-state index contributed by atoms with van der Waals surface area (Å²) in [5, 5.41) is 25.8. The van der Waals surface area contributed by atoms with Crippen LogP contribution in [0, 0.1) is 20.2 Å². The lowest BCUT2D eigenvalue weighted by Crippen LogP contribution is -1.99. The third kappa shape index (κ3) is 6.35. The first-order chi connectivity index (χ1) is 13.5. The number of nitrogens with one attached hydrogen (secondary N) is 1. The van der Waals surface area contributed by atoms with Gasteiger partial charge in [0.05, 0.1) is 28.7 Å². The van der Waals surface area contributed by atoms with Crippen molar-refractivity contribution in [3.8, 4) is 5.75 Å². The van der Waals surface area contributed by atoms with Crippen LogP contribution in [0.4, 0.5) is 17.1 Å². The van der Waals surface area contributed by atoms with Gasteiger partial charge < -0.3 is 4.74 Å². The number of hydrogen-bond donors (Lipinski definition) is 1. The monoisotopic (exact) mass is 386 g/mol. The largest absolute Gasteiger partial charge is 0.494 e. The van der Waals surface area contributed by atoms with E-state index in [9.17, 15) is 20.2 Å². The normalized spacial score (nSPS) is 10.8. The maximum Gasteiger partial charge on any atom is 0.301 e. The van der Waals surface area contributed by atoms with Gasteiger partial charge in [-0.05, 0) is 42.3 Å². The van der Waals surface area contributed by atoms with Gasteiger partial charge in [0.15, 0.2) is 0 Å². The van der Waals surface area contributed by atoms with E-state index >= 15 is 0 Å². The van der Waals surface area contributed by atoms with Gasteiger partial charge >= 0.3 is 5.69 Å². The summed E-state index contributed by atoms with van der Waals surface area (Å²) >= 11 is 0. The smallest absolute Gasteiger partial charge is 0.301 e. The second kappa shape index (κ2) is 10.6. The zero-order chi connectivity index (χ0) is 20.4. The molecule has 9 heteroatoms. The van der Waals surface area contributed by atoms with Crippen molar-refractivity contribution in [1.82, 2.24) is 0 Å². The van der Waals surface area contributed by atoms with Gasteiger partial charge in [0, 0.05) is 6.07 Å². The zero-order valence-corrected chi connectivity index (χ0v) is 15.5. The Balaban J connectivity index is 1.94. The molecule has 0 atom stereocenters. The van der Waals surface area contributed by atoms with Crippen molar-refractivity contribution in [3.05, 3.63) is 68.3 Å². The van der Waals surface area contributed by atoms with Crippen LogP contribution in [0.15, 0.2) is 47.6 Å². The lowest BCUT2D eigenvalue weighted by Gasteiger charge is -2.06. The molecule has 0 aromatic heterocycles. The van der Waals surface area contributed by atoms with E-state index in [0.717, 1.165) is 30.2 Å². The van der Waals surface area contributed by atoms with Crippen LogP contribution in [-0.2, 0) is 0 Å². The standard InChI is InChI=1S/C19H22N4O5/c1-2-3-4-5-12-28-17-9-6-15(7-10-17)14-20-21-18-11-8-16(22(24)25)13-19(18)23(26)27/h6-11,13-14,21H,2-5,12H2,1H3/b20-14+. The van der Waals surface area contributed by atoms with Crippen LogP contribution in [0.3, 0.4) is 0 Å². The summed E-state index contributed by atoms with van der Waals surface area (Å²) in [5.41, 5.74) is 2.62. The number of anilines is 1. The number of hydrazone groups is 1. The van der Waals surface area contributed by atoms with Crippen LogP contribution in [0.5, 0.6) is 5.75 Å². The third-order valence-electron chi connectivity index (χ3n) is 3.93. The van der Waals surface area contributed by atoms with Crippen molar-refractivity contribution < 1.29 is 14.6 Å². The van der Waals surface area contributed by atoms with Gasteiger partial charge in [0.1, 0.15) is 11.4 Å². The zero-order valence-electron chi connectivity index (χ0n) is 15.5. The summed E-state index contributed by atoms with van der Waals surface area (Å²) in [6.07, 6.45) is 6.07. The Kier molecular flexibility index (Phi) is 7.89. The molecule has 1 N–H and O–H groups in total. The lowest BCUT2D eigenvalue weighted by atomic mass is 10.2. The summed E-state index contributed by atoms with van der Waals surface area (Å²) in [6.45, 7) is 2.84. The molecule has 0 bridgehead atoms. The highest BCUT2D eigenvalue weighted by Crippen LogP contribution is 2.28. The number of benzene rings is 2. The third-order valence-corrected chi connectivity index (χ3v) is 3.93. The predicted octanol–water partition coefficient (Wildman–Crippen LogP) is 4.91. The number of hydrogen-bond acceptors (Lipinski definition) is 7. The first-order valence-corrected chi connectivity index (χ1v) is 8.96. The van der Waals surface area contributed by atoms with Crippen LogP contribution in [0.2, 0.25) is 0 Å². The molecule has 0 aliphatic rings. The van der Waals surface area contributed by atoms with Crippen LogP contribution < -0.4 is 10.2 Å². The number of rotatable bonds is 11. The Labute approximate surface area is 162 Å². The summed E-state index contributed by atoms with van der Waals surface area (Å²) in [4.78, 5) is 20.5. The van der Waals surface area contributed by atoms with E-state index in [-0.39, 0.29) is 11.4 Å². The second-order valence-corrected chi connectivity index (χ2v) is 6.06. The van der Waals surface area contributed by atoms with Crippen molar-refractivity contribution in [3.63, 3.8) is 0 Å². The number of nitro groups is 2. The Bertz CT molecular complexity index is 837. The van der Waals surface area contributed by atoms with E-state index in [1.807, 2.05) is 24.3 Å². The fourth-order valence-electron chi connectivity index (χ4n) is 2.42. The molecule has 0 amide bonds. The van der Waals surface area contributed by atoms with Gasteiger partial charge in [-0.25, -0.2) is 0 Å². The Morgan fingerprint density at radius 3 is 2.43 bits per heavy atom. The quantitative estimate of drug-likeness (QED) is 0.254. The first kappa shape index (κ1) is 20.8. The van der Waals surface area contributed by atoms with Crippen molar-refractivity contribution in [1.29, 1.82) is 0 Å². The molecular formula is C19H22N4O5. The van der Waals surface area contributed by atoms with E-state index in [4.69, 9.17) is 4.74 Å². The molecule has 28 heavy (non-hydrogen) atoms. The average molecular weight is 386 g/mol. The number of unbranched alkanes of at least 4 members (excludes halogenated alkanes) is 3. The molecule has 0 saturated carbocycles. The van der Waals surface area contributed by atoms with Gasteiger partial charge in [-0.1, -0.05) is 26.2 Å². The summed E-state index contributed by atoms with van der Waals surface area (Å²) in [7, 11) is 0. The average Bonchev–Trinajstić information content (AvgIpc) is 2.69. The fraction of sp³-hybridized carbons (Fsp3) is 0.316. The molecule has 0 heterocycles. The minimum absolute atomic E-state index is 0.0684. The minimum atomic E-state index is -0.697. The van der Waals surface area contributed by atoms with E-state index in [0.29, 0.717) is 6.61 Å². The lowest BCUT2D eigenvalue weighted by molar-refractivity contribution is -0.393. The molecule has 2 aromatic carbocycles. The molecule has 0 fully saturated rings. The Morgan fingerprint density at radius 2 is 1.79 bits per heavy atom. The fourth-order valence-corrected chi connectivity index (χ4v) is 2.42. The molecule has 9 nitrogen and oxygen atoms in total. The minimum Gasteiger partial charge on any atom is -0.494 e. The Morgan fingerprint density at radius 1 is 1.04 bits per heavy atom. The van der Waals surface area contributed by atoms with Crippen LogP contribution in [-0.4, -0.2) is 22.7 Å². The molecule has 0 aliphatic carbocycles. The molecule has 0 spiro atoms. The molecule has 0 radical (unpaired) electrons. The van der Waals surface area contributed by atoms with Crippen molar-refractivity contribution >= 4 is 23.3 Å². The summed E-state index contributed by atoms with van der Waals surface area (Å²) < 4.78 is 5.66. The Hall–Kier alpha value is -3.49. The highest BCUT2D eigenvalue weighted by Gasteiger charge is 2.19. The molecule has 148 valence electrons. The SMILES string of the molecule is CCCCCCOc1ccc(/C=N/Nc2ccc([N+](=O)[O-])cc2[N+](=O)[O-])cc1. The topological polar surface area (TPSA) is 120 Å². The number of non-ortho nitro benzene ring substituents is 1. The second-order valence-electron chi connectivity index (χ2n) is 6.06. The van der Waals surface area contributed by atoms with Crippen LogP contribution in [0.25, 0.3) is 0 Å². The van der Waals surface area contributed by atoms with Crippen LogP contribution in [0.1, 0.15) is 38.2 Å². The molecule has 2 rings (SSSR count). The van der Waals surface area contributed by atoms with Crippen molar-refractivity contribution in [2.75, 3.05) is 12.0 Å². The van der Waals surface area contributed by atoms with E-state index in [1.54, 1.807) is 0 Å². The van der Waals surface area contributed by atoms with Gasteiger partial charge in [0.2, 0.25) is 0 Å². The highest BCUT2D eigenvalue weighted by molar-refractivity contribution is 5.80. The number of nitro benzene ring substituents is 2. The predicted molar refractivity (Wildman–Crippen MR) is 107 cm³/mol. The molecular weight excluding hydrogens is 364 g/mol. The molecule has 0 saturated heterocycles. The summed E-state index contributed by atoms with van der Waals surface area (Å²) in [5.74, 6) is 0.771. The highest BCUT2D eigenvalue weighted by atomic mass is 16.6. The molecule has 0 unspecified atom stereocenters. The molecule has 2 aromatic rings. The van der Waals surface area contributed by atoms with E-state index in [1.165, 1.54) is 31.2 Å². The van der Waals surface area contributed by atoms with Crippen molar-refractivity contribution in [2.24, 2.45) is 5.10 Å². The maximum absolute atomic E-state index is 11.1.